The fourth-order valence-corrected chi connectivity index (χ4v) is 1.34. The van der Waals surface area contributed by atoms with Crippen LogP contribution in [-0.2, 0) is 11.2 Å². The molecule has 0 atom stereocenters. The number of fused-ring (bicyclic) bond motifs is 1. The summed E-state index contributed by atoms with van der Waals surface area (Å²) < 4.78 is 12.8. The van der Waals surface area contributed by atoms with Crippen LogP contribution in [-0.4, -0.2) is 21.0 Å². The Kier molecular flexibility index (Phi) is 1.92. The normalized spacial score (nSPS) is 10.6. The third-order valence-corrected chi connectivity index (χ3v) is 1.93. The number of nitrogens with zero attached hydrogens (tertiary/aromatic N) is 1. The summed E-state index contributed by atoms with van der Waals surface area (Å²) in [6.07, 6.45) is 2.49. The van der Waals surface area contributed by atoms with Crippen molar-refractivity contribution in [3.05, 3.63) is 29.8 Å². The average molecular weight is 194 g/mol. The van der Waals surface area contributed by atoms with Crippen LogP contribution in [0.3, 0.4) is 0 Å². The highest BCUT2D eigenvalue weighted by Crippen LogP contribution is 2.17. The van der Waals surface area contributed by atoms with Crippen molar-refractivity contribution in [3.8, 4) is 0 Å². The number of halogens is 1. The number of pyridine rings is 1. The van der Waals surface area contributed by atoms with E-state index in [-0.39, 0.29) is 6.42 Å². The van der Waals surface area contributed by atoms with Gasteiger partial charge in [-0.1, -0.05) is 0 Å². The number of carboxylic acid groups (broad SMARTS) is 1. The zero-order valence-corrected chi connectivity index (χ0v) is 7.12. The Labute approximate surface area is 78.4 Å². The molecule has 2 rings (SSSR count). The summed E-state index contributed by atoms with van der Waals surface area (Å²) in [5.74, 6) is -1.42. The predicted molar refractivity (Wildman–Crippen MR) is 47.4 cm³/mol. The van der Waals surface area contributed by atoms with Crippen LogP contribution in [0.2, 0.25) is 0 Å². The molecule has 2 heterocycles. The van der Waals surface area contributed by atoms with Crippen molar-refractivity contribution >= 4 is 17.0 Å². The van der Waals surface area contributed by atoms with Gasteiger partial charge in [-0.3, -0.25) is 4.79 Å². The number of rotatable bonds is 2. The van der Waals surface area contributed by atoms with Gasteiger partial charge in [0.1, 0.15) is 11.5 Å². The Hall–Kier alpha value is -1.91. The minimum atomic E-state index is -0.949. The molecule has 0 aliphatic carbocycles. The fraction of sp³-hybridized carbons (Fsp3) is 0.111. The molecule has 0 radical (unpaired) electrons. The molecule has 0 saturated carbocycles. The van der Waals surface area contributed by atoms with Crippen LogP contribution in [0.5, 0.6) is 0 Å². The molecule has 0 aromatic carbocycles. The lowest BCUT2D eigenvalue weighted by molar-refractivity contribution is -0.136. The lowest BCUT2D eigenvalue weighted by Crippen LogP contribution is -1.98. The van der Waals surface area contributed by atoms with E-state index in [0.29, 0.717) is 16.6 Å². The summed E-state index contributed by atoms with van der Waals surface area (Å²) in [5.41, 5.74) is 1.04. The van der Waals surface area contributed by atoms with Crippen molar-refractivity contribution in [2.24, 2.45) is 0 Å². The van der Waals surface area contributed by atoms with E-state index in [1.54, 1.807) is 0 Å². The standard InChI is InChI=1S/C9H7FN2O2/c10-6-2-7-5(1-8(13)14)3-11-9(7)12-4-6/h2-4H,1H2,(H,11,12)(H,13,14). The number of nitrogens with one attached hydrogen (secondary N) is 1. The highest BCUT2D eigenvalue weighted by atomic mass is 19.1. The summed E-state index contributed by atoms with van der Waals surface area (Å²) in [5, 5.41) is 9.11. The van der Waals surface area contributed by atoms with Gasteiger partial charge in [-0.25, -0.2) is 9.37 Å². The zero-order valence-electron chi connectivity index (χ0n) is 7.12. The SMILES string of the molecule is O=C(O)Cc1c[nH]c2ncc(F)cc12. The van der Waals surface area contributed by atoms with E-state index in [1.165, 1.54) is 12.3 Å². The van der Waals surface area contributed by atoms with Crippen LogP contribution in [0.25, 0.3) is 11.0 Å². The lowest BCUT2D eigenvalue weighted by Gasteiger charge is -1.93. The molecule has 0 saturated heterocycles. The molecule has 0 unspecified atom stereocenters. The monoisotopic (exact) mass is 194 g/mol. The van der Waals surface area contributed by atoms with Crippen LogP contribution in [0.4, 0.5) is 4.39 Å². The Morgan fingerprint density at radius 1 is 1.64 bits per heavy atom. The van der Waals surface area contributed by atoms with Gasteiger partial charge in [0, 0.05) is 11.6 Å². The lowest BCUT2D eigenvalue weighted by atomic mass is 10.1. The minimum Gasteiger partial charge on any atom is -0.481 e. The number of carbonyl (C=O) groups is 1. The second kappa shape index (κ2) is 3.10. The molecule has 0 spiro atoms. The van der Waals surface area contributed by atoms with Crippen LogP contribution in [0, 0.1) is 5.82 Å². The van der Waals surface area contributed by atoms with Gasteiger partial charge in [0.15, 0.2) is 0 Å². The molecule has 4 nitrogen and oxygen atoms in total. The molecule has 5 heteroatoms. The van der Waals surface area contributed by atoms with Gasteiger partial charge in [0.2, 0.25) is 0 Å². The fourth-order valence-electron chi connectivity index (χ4n) is 1.34. The summed E-state index contributed by atoms with van der Waals surface area (Å²) in [4.78, 5) is 17.0. The Bertz CT molecular complexity index is 493. The van der Waals surface area contributed by atoms with E-state index < -0.39 is 11.8 Å². The van der Waals surface area contributed by atoms with Crippen LogP contribution >= 0.6 is 0 Å². The number of aromatic amines is 1. The molecular weight excluding hydrogens is 187 g/mol. The van der Waals surface area contributed by atoms with Crippen molar-refractivity contribution in [2.75, 3.05) is 0 Å². The number of carboxylic acids is 1. The van der Waals surface area contributed by atoms with Gasteiger partial charge in [-0.05, 0) is 11.6 Å². The van der Waals surface area contributed by atoms with E-state index >= 15 is 0 Å². The number of hydrogen-bond acceptors (Lipinski definition) is 2. The first kappa shape index (κ1) is 8.68. The Morgan fingerprint density at radius 3 is 3.14 bits per heavy atom. The Balaban J connectivity index is 2.55. The largest absolute Gasteiger partial charge is 0.481 e. The summed E-state index contributed by atoms with van der Waals surface area (Å²) >= 11 is 0. The Morgan fingerprint density at radius 2 is 2.43 bits per heavy atom. The van der Waals surface area contributed by atoms with Crippen molar-refractivity contribution in [1.29, 1.82) is 0 Å². The molecule has 0 aliphatic heterocycles. The molecule has 0 amide bonds. The third-order valence-electron chi connectivity index (χ3n) is 1.93. The van der Waals surface area contributed by atoms with E-state index in [0.717, 1.165) is 6.20 Å². The second-order valence-electron chi connectivity index (χ2n) is 2.93. The smallest absolute Gasteiger partial charge is 0.307 e. The zero-order chi connectivity index (χ0) is 10.1. The summed E-state index contributed by atoms with van der Waals surface area (Å²) in [6, 6.07) is 1.27. The molecule has 0 bridgehead atoms. The van der Waals surface area contributed by atoms with Crippen molar-refractivity contribution in [1.82, 2.24) is 9.97 Å². The second-order valence-corrected chi connectivity index (χ2v) is 2.93. The maximum absolute atomic E-state index is 12.8. The summed E-state index contributed by atoms with van der Waals surface area (Å²) in [6.45, 7) is 0. The van der Waals surface area contributed by atoms with Crippen molar-refractivity contribution in [2.45, 2.75) is 6.42 Å². The maximum Gasteiger partial charge on any atom is 0.307 e. The molecule has 2 N–H and O–H groups in total. The van der Waals surface area contributed by atoms with E-state index in [2.05, 4.69) is 9.97 Å². The topological polar surface area (TPSA) is 66.0 Å². The highest BCUT2D eigenvalue weighted by molar-refractivity contribution is 5.84. The maximum atomic E-state index is 12.8. The first-order valence-corrected chi connectivity index (χ1v) is 4.00. The van der Waals surface area contributed by atoms with Gasteiger partial charge in [0.25, 0.3) is 0 Å². The van der Waals surface area contributed by atoms with Crippen molar-refractivity contribution < 1.29 is 14.3 Å². The first-order chi connectivity index (χ1) is 6.66. The number of aliphatic carboxylic acids is 1. The third kappa shape index (κ3) is 1.44. The molecule has 14 heavy (non-hydrogen) atoms. The predicted octanol–water partition coefficient (Wildman–Crippen LogP) is 1.33. The van der Waals surface area contributed by atoms with Crippen LogP contribution in [0.1, 0.15) is 5.56 Å². The number of H-pyrrole nitrogens is 1. The first-order valence-electron chi connectivity index (χ1n) is 4.00. The highest BCUT2D eigenvalue weighted by Gasteiger charge is 2.08. The van der Waals surface area contributed by atoms with Gasteiger partial charge >= 0.3 is 5.97 Å². The van der Waals surface area contributed by atoms with E-state index in [9.17, 15) is 9.18 Å². The molecule has 2 aromatic rings. The number of hydrogen-bond donors (Lipinski definition) is 2. The van der Waals surface area contributed by atoms with Gasteiger partial charge in [-0.15, -0.1) is 0 Å². The van der Waals surface area contributed by atoms with E-state index in [1.807, 2.05) is 0 Å². The van der Waals surface area contributed by atoms with Crippen molar-refractivity contribution in [3.63, 3.8) is 0 Å². The summed E-state index contributed by atoms with van der Waals surface area (Å²) in [7, 11) is 0. The molecule has 2 aromatic heterocycles. The molecule has 0 aliphatic rings. The van der Waals surface area contributed by atoms with Crippen LogP contribution < -0.4 is 0 Å². The molecule has 72 valence electrons. The quantitative estimate of drug-likeness (QED) is 0.757. The molecule has 0 fully saturated rings. The minimum absolute atomic E-state index is 0.134. The van der Waals surface area contributed by atoms with Gasteiger partial charge in [-0.2, -0.15) is 0 Å². The van der Waals surface area contributed by atoms with Crippen LogP contribution in [0.15, 0.2) is 18.5 Å². The number of aromatic nitrogens is 2. The van der Waals surface area contributed by atoms with Gasteiger partial charge in [0.05, 0.1) is 12.6 Å². The van der Waals surface area contributed by atoms with E-state index in [4.69, 9.17) is 5.11 Å². The van der Waals surface area contributed by atoms with Gasteiger partial charge < -0.3 is 10.1 Å². The average Bonchev–Trinajstić information content (AvgIpc) is 2.47. The molecular formula is C9H7FN2O2.